The number of aryl methyl sites for hydroxylation is 1. The predicted molar refractivity (Wildman–Crippen MR) is 54.5 cm³/mol. The van der Waals surface area contributed by atoms with Gasteiger partial charge in [0.1, 0.15) is 5.76 Å². The highest BCUT2D eigenvalue weighted by molar-refractivity contribution is 5.86. The molecule has 0 aliphatic heterocycles. The molecule has 0 atom stereocenters. The van der Waals surface area contributed by atoms with Gasteiger partial charge in [0, 0.05) is 12.0 Å². The fraction of sp³-hybridized carbons (Fsp3) is 0.545. The number of methoxy groups -OCH3 is 1. The molecule has 0 bridgehead atoms. The highest BCUT2D eigenvalue weighted by atomic mass is 16.5. The molecule has 82 valence electrons. The number of hydrogen-bond donors (Lipinski definition) is 1. The van der Waals surface area contributed by atoms with Crippen LogP contribution in [0.15, 0.2) is 16.5 Å². The fourth-order valence-corrected chi connectivity index (χ4v) is 1.51. The molecule has 15 heavy (non-hydrogen) atoms. The molecule has 1 fully saturated rings. The van der Waals surface area contributed by atoms with E-state index in [1.165, 1.54) is 7.11 Å². The Balaban J connectivity index is 1.92. The average molecular weight is 209 g/mol. The van der Waals surface area contributed by atoms with Crippen molar-refractivity contribution < 1.29 is 13.9 Å². The minimum atomic E-state index is -0.435. The van der Waals surface area contributed by atoms with Crippen molar-refractivity contribution in [1.29, 1.82) is 0 Å². The lowest BCUT2D eigenvalue weighted by Gasteiger charge is -2.05. The van der Waals surface area contributed by atoms with Crippen molar-refractivity contribution >= 4 is 5.97 Å². The van der Waals surface area contributed by atoms with E-state index in [-0.39, 0.29) is 11.3 Å². The zero-order valence-electron chi connectivity index (χ0n) is 8.79. The number of ether oxygens (including phenoxy) is 1. The van der Waals surface area contributed by atoms with E-state index >= 15 is 0 Å². The van der Waals surface area contributed by atoms with E-state index in [4.69, 9.17) is 10.2 Å². The van der Waals surface area contributed by atoms with Crippen molar-refractivity contribution in [2.45, 2.75) is 31.2 Å². The monoisotopic (exact) mass is 209 g/mol. The first-order valence-electron chi connectivity index (χ1n) is 5.09. The first-order valence-corrected chi connectivity index (χ1v) is 5.09. The number of carbonyl (C=O) groups is 1. The Morgan fingerprint density at radius 3 is 2.93 bits per heavy atom. The van der Waals surface area contributed by atoms with Gasteiger partial charge in [-0.05, 0) is 31.4 Å². The topological polar surface area (TPSA) is 65.5 Å². The van der Waals surface area contributed by atoms with Gasteiger partial charge >= 0.3 is 5.97 Å². The summed E-state index contributed by atoms with van der Waals surface area (Å²) in [4.78, 5) is 11.1. The number of esters is 1. The van der Waals surface area contributed by atoms with Crippen LogP contribution in [-0.4, -0.2) is 18.6 Å². The average Bonchev–Trinajstić information content (AvgIpc) is 2.81. The summed E-state index contributed by atoms with van der Waals surface area (Å²) in [5.41, 5.74) is 5.98. The molecule has 1 aliphatic carbocycles. The lowest BCUT2D eigenvalue weighted by atomic mass is 10.1. The summed E-state index contributed by atoms with van der Waals surface area (Å²) in [6.07, 6.45) is 3.89. The summed E-state index contributed by atoms with van der Waals surface area (Å²) in [7, 11) is 1.34. The van der Waals surface area contributed by atoms with Gasteiger partial charge in [-0.3, -0.25) is 0 Å². The number of hydrogen-bond acceptors (Lipinski definition) is 4. The predicted octanol–water partition coefficient (Wildman–Crippen LogP) is 1.49. The van der Waals surface area contributed by atoms with Crippen molar-refractivity contribution in [3.63, 3.8) is 0 Å². The van der Waals surface area contributed by atoms with Crippen LogP contribution in [0.25, 0.3) is 0 Å². The second-order valence-corrected chi connectivity index (χ2v) is 4.12. The molecule has 2 rings (SSSR count). The lowest BCUT2D eigenvalue weighted by molar-refractivity contribution is 0.0563. The standard InChI is InChI=1S/C11H15NO3/c1-14-10(13)9-3-2-8(15-9)4-5-11(12)6-7-11/h2-3H,4-7,12H2,1H3. The molecule has 1 aromatic heterocycles. The minimum Gasteiger partial charge on any atom is -0.463 e. The zero-order chi connectivity index (χ0) is 10.9. The van der Waals surface area contributed by atoms with Crippen LogP contribution in [0.4, 0.5) is 0 Å². The smallest absolute Gasteiger partial charge is 0.373 e. The van der Waals surface area contributed by atoms with E-state index in [1.54, 1.807) is 12.1 Å². The summed E-state index contributed by atoms with van der Waals surface area (Å²) in [5.74, 6) is 0.622. The SMILES string of the molecule is COC(=O)c1ccc(CCC2(N)CC2)o1. The molecule has 0 unspecified atom stereocenters. The number of rotatable bonds is 4. The van der Waals surface area contributed by atoms with Crippen LogP contribution in [0.2, 0.25) is 0 Å². The molecule has 4 nitrogen and oxygen atoms in total. The maximum Gasteiger partial charge on any atom is 0.373 e. The van der Waals surface area contributed by atoms with Crippen molar-refractivity contribution in [1.82, 2.24) is 0 Å². The van der Waals surface area contributed by atoms with Crippen molar-refractivity contribution in [3.05, 3.63) is 23.7 Å². The maximum atomic E-state index is 11.1. The van der Waals surface area contributed by atoms with Crippen LogP contribution in [0.1, 0.15) is 35.6 Å². The zero-order valence-corrected chi connectivity index (χ0v) is 8.79. The molecule has 1 aromatic rings. The summed E-state index contributed by atoms with van der Waals surface area (Å²) < 4.78 is 9.88. The largest absolute Gasteiger partial charge is 0.463 e. The van der Waals surface area contributed by atoms with Crippen LogP contribution in [-0.2, 0) is 11.2 Å². The summed E-state index contributed by atoms with van der Waals surface area (Å²) in [6.45, 7) is 0. The molecule has 1 heterocycles. The van der Waals surface area contributed by atoms with Gasteiger partial charge in [-0.2, -0.15) is 0 Å². The van der Waals surface area contributed by atoms with E-state index in [2.05, 4.69) is 4.74 Å². The Morgan fingerprint density at radius 1 is 1.60 bits per heavy atom. The summed E-state index contributed by atoms with van der Waals surface area (Å²) >= 11 is 0. The molecule has 1 saturated carbocycles. The summed E-state index contributed by atoms with van der Waals surface area (Å²) in [5, 5.41) is 0. The van der Waals surface area contributed by atoms with Crippen LogP contribution in [0.5, 0.6) is 0 Å². The normalized spacial score (nSPS) is 17.5. The Hall–Kier alpha value is -1.29. The van der Waals surface area contributed by atoms with Gasteiger partial charge in [-0.1, -0.05) is 0 Å². The third-order valence-electron chi connectivity index (χ3n) is 2.81. The third-order valence-corrected chi connectivity index (χ3v) is 2.81. The number of nitrogens with two attached hydrogens (primary N) is 1. The van der Waals surface area contributed by atoms with Gasteiger partial charge in [-0.15, -0.1) is 0 Å². The molecular weight excluding hydrogens is 194 g/mol. The van der Waals surface area contributed by atoms with Crippen molar-refractivity contribution in [2.75, 3.05) is 7.11 Å². The van der Waals surface area contributed by atoms with Crippen LogP contribution >= 0.6 is 0 Å². The molecular formula is C11H15NO3. The van der Waals surface area contributed by atoms with Crippen LogP contribution < -0.4 is 5.73 Å². The maximum absolute atomic E-state index is 11.1. The molecule has 0 saturated heterocycles. The van der Waals surface area contributed by atoms with Gasteiger partial charge in [0.15, 0.2) is 0 Å². The van der Waals surface area contributed by atoms with E-state index in [0.717, 1.165) is 31.4 Å². The first-order chi connectivity index (χ1) is 7.13. The van der Waals surface area contributed by atoms with E-state index in [0.29, 0.717) is 0 Å². The quantitative estimate of drug-likeness (QED) is 0.763. The fourth-order valence-electron chi connectivity index (χ4n) is 1.51. The van der Waals surface area contributed by atoms with Gasteiger partial charge in [0.05, 0.1) is 7.11 Å². The molecule has 0 spiro atoms. The van der Waals surface area contributed by atoms with E-state index < -0.39 is 5.97 Å². The van der Waals surface area contributed by atoms with Crippen LogP contribution in [0.3, 0.4) is 0 Å². The minimum absolute atomic E-state index is 0.0260. The first kappa shape index (κ1) is 10.2. The highest BCUT2D eigenvalue weighted by Crippen LogP contribution is 2.36. The molecule has 4 heteroatoms. The Labute approximate surface area is 88.4 Å². The van der Waals surface area contributed by atoms with Gasteiger partial charge < -0.3 is 14.9 Å². The van der Waals surface area contributed by atoms with Gasteiger partial charge in [0.2, 0.25) is 5.76 Å². The Kier molecular flexibility index (Phi) is 2.52. The second-order valence-electron chi connectivity index (χ2n) is 4.12. The Bertz CT molecular complexity index is 366. The van der Waals surface area contributed by atoms with Crippen molar-refractivity contribution in [3.8, 4) is 0 Å². The highest BCUT2D eigenvalue weighted by Gasteiger charge is 2.37. The van der Waals surface area contributed by atoms with Gasteiger partial charge in [-0.25, -0.2) is 4.79 Å². The Morgan fingerprint density at radius 2 is 2.33 bits per heavy atom. The molecule has 2 N–H and O–H groups in total. The molecule has 0 radical (unpaired) electrons. The molecule has 1 aliphatic rings. The van der Waals surface area contributed by atoms with E-state index in [1.807, 2.05) is 0 Å². The lowest BCUT2D eigenvalue weighted by Crippen LogP contribution is -2.21. The van der Waals surface area contributed by atoms with Crippen molar-refractivity contribution in [2.24, 2.45) is 5.73 Å². The number of furan rings is 1. The van der Waals surface area contributed by atoms with Gasteiger partial charge in [0.25, 0.3) is 0 Å². The third kappa shape index (κ3) is 2.39. The molecule has 0 amide bonds. The van der Waals surface area contributed by atoms with E-state index in [9.17, 15) is 4.79 Å². The number of carbonyl (C=O) groups excluding carboxylic acids is 1. The summed E-state index contributed by atoms with van der Waals surface area (Å²) in [6, 6.07) is 3.44. The molecule has 0 aromatic carbocycles. The second kappa shape index (κ2) is 3.70. The van der Waals surface area contributed by atoms with Crippen LogP contribution in [0, 0.1) is 0 Å².